The van der Waals surface area contributed by atoms with Crippen LogP contribution in [0.1, 0.15) is 39.0 Å². The molecule has 0 aliphatic heterocycles. The second-order valence-electron chi connectivity index (χ2n) is 7.25. The molecule has 2 saturated carbocycles. The highest BCUT2D eigenvalue weighted by atomic mass is 32.2. The summed E-state index contributed by atoms with van der Waals surface area (Å²) in [7, 11) is -3.68. The SMILES string of the molecule is CC[C@@H](C(=O)N[C@@H]1C[C@H]2CC[C@H]1C2)N(c1ccc(F)cc1)S(C)(=O)=O. The van der Waals surface area contributed by atoms with Gasteiger partial charge in [0.15, 0.2) is 0 Å². The minimum atomic E-state index is -3.68. The Balaban J connectivity index is 1.82. The molecule has 0 saturated heterocycles. The topological polar surface area (TPSA) is 66.5 Å². The number of halogens is 1. The van der Waals surface area contributed by atoms with E-state index in [9.17, 15) is 17.6 Å². The van der Waals surface area contributed by atoms with Crippen molar-refractivity contribution in [3.05, 3.63) is 30.1 Å². The lowest BCUT2D eigenvalue weighted by atomic mass is 9.95. The number of nitrogens with one attached hydrogen (secondary N) is 1. The summed E-state index contributed by atoms with van der Waals surface area (Å²) in [5.74, 6) is 0.494. The van der Waals surface area contributed by atoms with Gasteiger partial charge >= 0.3 is 0 Å². The smallest absolute Gasteiger partial charge is 0.244 e. The summed E-state index contributed by atoms with van der Waals surface area (Å²) < 4.78 is 39.0. The number of anilines is 1. The normalized spacial score (nSPS) is 26.4. The van der Waals surface area contributed by atoms with E-state index in [1.165, 1.54) is 30.7 Å². The van der Waals surface area contributed by atoms with Crippen molar-refractivity contribution in [3.63, 3.8) is 0 Å². The molecule has 1 amide bonds. The number of sulfonamides is 1. The molecule has 1 aromatic rings. The van der Waals surface area contributed by atoms with Gasteiger partial charge in [-0.15, -0.1) is 0 Å². The van der Waals surface area contributed by atoms with Crippen molar-refractivity contribution in [1.29, 1.82) is 0 Å². The van der Waals surface area contributed by atoms with Gasteiger partial charge in [0.05, 0.1) is 11.9 Å². The molecule has 2 aliphatic rings. The lowest BCUT2D eigenvalue weighted by Crippen LogP contribution is -2.52. The molecule has 1 aromatic carbocycles. The molecule has 25 heavy (non-hydrogen) atoms. The zero-order chi connectivity index (χ0) is 18.2. The number of fused-ring (bicyclic) bond motifs is 2. The number of nitrogens with zero attached hydrogens (tertiary/aromatic N) is 1. The van der Waals surface area contributed by atoms with Crippen LogP contribution in [0, 0.1) is 17.7 Å². The van der Waals surface area contributed by atoms with Crippen molar-refractivity contribution in [2.24, 2.45) is 11.8 Å². The minimum Gasteiger partial charge on any atom is -0.351 e. The zero-order valence-corrected chi connectivity index (χ0v) is 15.4. The lowest BCUT2D eigenvalue weighted by Gasteiger charge is -2.32. The number of rotatable bonds is 6. The van der Waals surface area contributed by atoms with Gasteiger partial charge in [0, 0.05) is 6.04 Å². The van der Waals surface area contributed by atoms with Gasteiger partial charge < -0.3 is 5.32 Å². The summed E-state index contributed by atoms with van der Waals surface area (Å²) in [6, 6.07) is 4.50. The van der Waals surface area contributed by atoms with Crippen molar-refractivity contribution in [3.8, 4) is 0 Å². The van der Waals surface area contributed by atoms with Crippen LogP contribution in [0.15, 0.2) is 24.3 Å². The number of carbonyl (C=O) groups is 1. The van der Waals surface area contributed by atoms with E-state index in [4.69, 9.17) is 0 Å². The van der Waals surface area contributed by atoms with E-state index in [0.29, 0.717) is 23.9 Å². The van der Waals surface area contributed by atoms with E-state index in [-0.39, 0.29) is 11.9 Å². The average molecular weight is 368 g/mol. The molecule has 0 spiro atoms. The van der Waals surface area contributed by atoms with Crippen molar-refractivity contribution in [1.82, 2.24) is 5.32 Å². The highest BCUT2D eigenvalue weighted by Crippen LogP contribution is 2.44. The molecule has 0 radical (unpaired) electrons. The number of amides is 1. The van der Waals surface area contributed by atoms with Crippen molar-refractivity contribution in [2.75, 3.05) is 10.6 Å². The number of benzene rings is 1. The Hall–Kier alpha value is -1.63. The molecule has 0 unspecified atom stereocenters. The molecular formula is C18H25FN2O3S. The fraction of sp³-hybridized carbons (Fsp3) is 0.611. The maximum atomic E-state index is 13.2. The van der Waals surface area contributed by atoms with Gasteiger partial charge in [-0.2, -0.15) is 0 Å². The fourth-order valence-electron chi connectivity index (χ4n) is 4.35. The van der Waals surface area contributed by atoms with Crippen molar-refractivity contribution in [2.45, 2.75) is 51.1 Å². The predicted molar refractivity (Wildman–Crippen MR) is 95.2 cm³/mol. The van der Waals surface area contributed by atoms with E-state index < -0.39 is 21.9 Å². The van der Waals surface area contributed by atoms with Crippen LogP contribution in [0.25, 0.3) is 0 Å². The Morgan fingerprint density at radius 3 is 2.44 bits per heavy atom. The summed E-state index contributed by atoms with van der Waals surface area (Å²) >= 11 is 0. The molecule has 0 aromatic heterocycles. The van der Waals surface area contributed by atoms with Crippen LogP contribution >= 0.6 is 0 Å². The van der Waals surface area contributed by atoms with E-state index in [1.807, 2.05) is 0 Å². The monoisotopic (exact) mass is 368 g/mol. The van der Waals surface area contributed by atoms with E-state index in [1.54, 1.807) is 6.92 Å². The largest absolute Gasteiger partial charge is 0.351 e. The highest BCUT2D eigenvalue weighted by molar-refractivity contribution is 7.92. The number of hydrogen-bond donors (Lipinski definition) is 1. The second kappa shape index (κ2) is 6.94. The molecule has 0 heterocycles. The molecule has 4 atom stereocenters. The third-order valence-electron chi connectivity index (χ3n) is 5.48. The van der Waals surface area contributed by atoms with E-state index in [2.05, 4.69) is 5.32 Å². The van der Waals surface area contributed by atoms with Gasteiger partial charge in [0.2, 0.25) is 15.9 Å². The lowest BCUT2D eigenvalue weighted by molar-refractivity contribution is -0.123. The standard InChI is InChI=1S/C18H25FN2O3S/c1-3-17(18(22)20-16-11-12-4-5-13(16)10-12)21(25(2,23)24)15-8-6-14(19)7-9-15/h6-9,12-13,16-17H,3-5,10-11H2,1-2H3,(H,20,22)/t12-,13-,16+,17-/m0/s1. The Morgan fingerprint density at radius 1 is 1.28 bits per heavy atom. The average Bonchev–Trinajstić information content (AvgIpc) is 3.15. The maximum absolute atomic E-state index is 13.2. The summed E-state index contributed by atoms with van der Waals surface area (Å²) in [4.78, 5) is 12.8. The van der Waals surface area contributed by atoms with Crippen LogP contribution < -0.4 is 9.62 Å². The van der Waals surface area contributed by atoms with Gasteiger partial charge in [-0.1, -0.05) is 13.3 Å². The van der Waals surface area contributed by atoms with Crippen LogP contribution in [0.2, 0.25) is 0 Å². The van der Waals surface area contributed by atoms with E-state index in [0.717, 1.165) is 29.8 Å². The molecule has 7 heteroatoms. The summed E-state index contributed by atoms with van der Waals surface area (Å²) in [5.41, 5.74) is 0.304. The predicted octanol–water partition coefficient (Wildman–Crippen LogP) is 2.68. The zero-order valence-electron chi connectivity index (χ0n) is 14.6. The minimum absolute atomic E-state index is 0.148. The summed E-state index contributed by atoms with van der Waals surface area (Å²) in [6.07, 6.45) is 5.94. The highest BCUT2D eigenvalue weighted by Gasteiger charge is 2.41. The first kappa shape index (κ1) is 18.2. The van der Waals surface area contributed by atoms with Crippen LogP contribution in [-0.2, 0) is 14.8 Å². The van der Waals surface area contributed by atoms with E-state index >= 15 is 0 Å². The Bertz CT molecular complexity index is 735. The molecule has 5 nitrogen and oxygen atoms in total. The molecule has 2 fully saturated rings. The molecule has 2 aliphatic carbocycles. The van der Waals surface area contributed by atoms with Crippen molar-refractivity contribution < 1.29 is 17.6 Å². The quantitative estimate of drug-likeness (QED) is 0.839. The first-order chi connectivity index (χ1) is 11.8. The van der Waals surface area contributed by atoms with Crippen molar-refractivity contribution >= 4 is 21.6 Å². The Kier molecular flexibility index (Phi) is 5.04. The summed E-state index contributed by atoms with van der Waals surface area (Å²) in [6.45, 7) is 1.78. The van der Waals surface area contributed by atoms with Gasteiger partial charge in [0.1, 0.15) is 11.9 Å². The van der Waals surface area contributed by atoms with Gasteiger partial charge in [0.25, 0.3) is 0 Å². The third kappa shape index (κ3) is 3.81. The molecule has 1 N–H and O–H groups in total. The first-order valence-corrected chi connectivity index (χ1v) is 10.7. The van der Waals surface area contributed by atoms with Crippen LogP contribution in [0.5, 0.6) is 0 Å². The molecule has 3 rings (SSSR count). The maximum Gasteiger partial charge on any atom is 0.244 e. The summed E-state index contributed by atoms with van der Waals surface area (Å²) in [5, 5.41) is 3.08. The van der Waals surface area contributed by atoms with Gasteiger partial charge in [-0.25, -0.2) is 12.8 Å². The van der Waals surface area contributed by atoms with Crippen LogP contribution in [0.3, 0.4) is 0 Å². The number of hydrogen-bond acceptors (Lipinski definition) is 3. The van der Waals surface area contributed by atoms with Gasteiger partial charge in [-0.05, 0) is 61.8 Å². The number of carbonyl (C=O) groups excluding carboxylic acids is 1. The fourth-order valence-corrected chi connectivity index (χ4v) is 5.56. The molecule has 138 valence electrons. The Morgan fingerprint density at radius 2 is 1.96 bits per heavy atom. The molecule has 2 bridgehead atoms. The molecular weight excluding hydrogens is 343 g/mol. The van der Waals surface area contributed by atoms with Gasteiger partial charge in [-0.3, -0.25) is 9.10 Å². The second-order valence-corrected chi connectivity index (χ2v) is 9.11. The Labute approximate surface area is 148 Å². The van der Waals surface area contributed by atoms with Crippen LogP contribution in [-0.4, -0.2) is 32.7 Å². The first-order valence-electron chi connectivity index (χ1n) is 8.85. The van der Waals surface area contributed by atoms with Crippen LogP contribution in [0.4, 0.5) is 10.1 Å². The third-order valence-corrected chi connectivity index (χ3v) is 6.66.